The van der Waals surface area contributed by atoms with Gasteiger partial charge in [-0.15, -0.1) is 0 Å². The van der Waals surface area contributed by atoms with E-state index in [2.05, 4.69) is 23.8 Å². The van der Waals surface area contributed by atoms with Crippen LogP contribution in [0.15, 0.2) is 18.2 Å². The summed E-state index contributed by atoms with van der Waals surface area (Å²) in [6.45, 7) is 6.68. The van der Waals surface area contributed by atoms with Gasteiger partial charge in [0.25, 0.3) is 0 Å². The number of nitrogens with zero attached hydrogens (tertiary/aromatic N) is 2. The fourth-order valence-electron chi connectivity index (χ4n) is 2.79. The maximum absolute atomic E-state index is 6.23. The zero-order chi connectivity index (χ0) is 13.8. The van der Waals surface area contributed by atoms with Crippen LogP contribution in [0.3, 0.4) is 0 Å². The monoisotopic (exact) mass is 281 g/mol. The highest BCUT2D eigenvalue weighted by Gasteiger charge is 2.21. The SMILES string of the molecule is CCN1CCC(N(C)Cc2cc(N)ccc2Cl)CC1. The van der Waals surface area contributed by atoms with E-state index in [0.717, 1.165) is 29.4 Å². The molecule has 0 radical (unpaired) electrons. The van der Waals surface area contributed by atoms with E-state index in [9.17, 15) is 0 Å². The molecule has 1 aromatic carbocycles. The molecule has 0 amide bonds. The van der Waals surface area contributed by atoms with Gasteiger partial charge < -0.3 is 10.6 Å². The van der Waals surface area contributed by atoms with Crippen LogP contribution in [0.1, 0.15) is 25.3 Å². The van der Waals surface area contributed by atoms with Gasteiger partial charge in [0.2, 0.25) is 0 Å². The summed E-state index contributed by atoms with van der Waals surface area (Å²) < 4.78 is 0. The van der Waals surface area contributed by atoms with Crippen molar-refractivity contribution in [3.05, 3.63) is 28.8 Å². The van der Waals surface area contributed by atoms with Gasteiger partial charge in [0.1, 0.15) is 0 Å². The zero-order valence-electron chi connectivity index (χ0n) is 11.9. The number of hydrogen-bond donors (Lipinski definition) is 1. The minimum Gasteiger partial charge on any atom is -0.399 e. The van der Waals surface area contributed by atoms with Crippen LogP contribution in [0.4, 0.5) is 5.69 Å². The topological polar surface area (TPSA) is 32.5 Å². The molecule has 1 saturated heterocycles. The average Bonchev–Trinajstić information content (AvgIpc) is 2.43. The lowest BCUT2D eigenvalue weighted by Crippen LogP contribution is -2.42. The molecule has 3 nitrogen and oxygen atoms in total. The number of hydrogen-bond acceptors (Lipinski definition) is 3. The van der Waals surface area contributed by atoms with Gasteiger partial charge in [-0.3, -0.25) is 4.90 Å². The smallest absolute Gasteiger partial charge is 0.0452 e. The van der Waals surface area contributed by atoms with E-state index in [1.165, 1.54) is 25.9 Å². The summed E-state index contributed by atoms with van der Waals surface area (Å²) in [5.41, 5.74) is 7.75. The summed E-state index contributed by atoms with van der Waals surface area (Å²) >= 11 is 6.23. The van der Waals surface area contributed by atoms with Crippen molar-refractivity contribution in [2.45, 2.75) is 32.4 Å². The molecule has 19 heavy (non-hydrogen) atoms. The fraction of sp³-hybridized carbons (Fsp3) is 0.600. The van der Waals surface area contributed by atoms with Gasteiger partial charge in [0.15, 0.2) is 0 Å². The Morgan fingerprint density at radius 1 is 1.37 bits per heavy atom. The Hall–Kier alpha value is -0.770. The Labute approximate surface area is 121 Å². The second-order valence-corrected chi connectivity index (χ2v) is 5.84. The minimum absolute atomic E-state index is 0.653. The Bertz CT molecular complexity index is 414. The molecule has 106 valence electrons. The van der Waals surface area contributed by atoms with E-state index in [1.54, 1.807) is 0 Å². The molecule has 2 rings (SSSR count). The second-order valence-electron chi connectivity index (χ2n) is 5.43. The standard InChI is InChI=1S/C15H24ClN3/c1-3-19-8-6-14(7-9-19)18(2)11-12-10-13(17)4-5-15(12)16/h4-5,10,14H,3,6-9,11,17H2,1-2H3. The first kappa shape index (κ1) is 14.6. The highest BCUT2D eigenvalue weighted by atomic mass is 35.5. The van der Waals surface area contributed by atoms with Gasteiger partial charge in [0.05, 0.1) is 0 Å². The minimum atomic E-state index is 0.653. The quantitative estimate of drug-likeness (QED) is 0.862. The van der Waals surface area contributed by atoms with E-state index < -0.39 is 0 Å². The molecule has 0 unspecified atom stereocenters. The highest BCUT2D eigenvalue weighted by molar-refractivity contribution is 6.31. The Morgan fingerprint density at radius 3 is 2.68 bits per heavy atom. The Kier molecular flexibility index (Phi) is 5.08. The third-order valence-electron chi connectivity index (χ3n) is 4.12. The van der Waals surface area contributed by atoms with Crippen LogP contribution in [0, 0.1) is 0 Å². The van der Waals surface area contributed by atoms with Crippen molar-refractivity contribution in [1.82, 2.24) is 9.80 Å². The van der Waals surface area contributed by atoms with Crippen molar-refractivity contribution in [1.29, 1.82) is 0 Å². The summed E-state index contributed by atoms with van der Waals surface area (Å²) in [6, 6.07) is 6.38. The molecule has 0 saturated carbocycles. The Balaban J connectivity index is 1.94. The highest BCUT2D eigenvalue weighted by Crippen LogP contribution is 2.23. The average molecular weight is 282 g/mol. The number of anilines is 1. The van der Waals surface area contributed by atoms with Crippen LogP contribution in [-0.2, 0) is 6.54 Å². The molecule has 1 aliphatic rings. The van der Waals surface area contributed by atoms with Crippen molar-refractivity contribution in [3.8, 4) is 0 Å². The number of benzene rings is 1. The molecule has 0 aromatic heterocycles. The van der Waals surface area contributed by atoms with Crippen molar-refractivity contribution in [3.63, 3.8) is 0 Å². The molecule has 0 aliphatic carbocycles. The number of nitrogens with two attached hydrogens (primary N) is 1. The molecular formula is C15H24ClN3. The van der Waals surface area contributed by atoms with E-state index in [-0.39, 0.29) is 0 Å². The first-order valence-electron chi connectivity index (χ1n) is 7.06. The largest absolute Gasteiger partial charge is 0.399 e. The number of piperidine rings is 1. The summed E-state index contributed by atoms with van der Waals surface area (Å²) in [6.07, 6.45) is 2.48. The molecule has 1 aromatic rings. The maximum Gasteiger partial charge on any atom is 0.0452 e. The van der Waals surface area contributed by atoms with Crippen LogP contribution in [0.25, 0.3) is 0 Å². The number of likely N-dealkylation sites (tertiary alicyclic amines) is 1. The van der Waals surface area contributed by atoms with Crippen molar-refractivity contribution >= 4 is 17.3 Å². The maximum atomic E-state index is 6.23. The molecule has 0 atom stereocenters. The van der Waals surface area contributed by atoms with E-state index >= 15 is 0 Å². The fourth-order valence-corrected chi connectivity index (χ4v) is 2.97. The van der Waals surface area contributed by atoms with Crippen LogP contribution in [0.2, 0.25) is 5.02 Å². The zero-order valence-corrected chi connectivity index (χ0v) is 12.7. The third-order valence-corrected chi connectivity index (χ3v) is 4.49. The van der Waals surface area contributed by atoms with Gasteiger partial charge in [-0.1, -0.05) is 18.5 Å². The van der Waals surface area contributed by atoms with Crippen molar-refractivity contribution in [2.24, 2.45) is 0 Å². The van der Waals surface area contributed by atoms with E-state index in [4.69, 9.17) is 17.3 Å². The van der Waals surface area contributed by atoms with Gasteiger partial charge in [-0.05, 0) is 63.3 Å². The van der Waals surface area contributed by atoms with Gasteiger partial charge in [-0.2, -0.15) is 0 Å². The summed E-state index contributed by atoms with van der Waals surface area (Å²) in [4.78, 5) is 4.92. The predicted octanol–water partition coefficient (Wildman–Crippen LogP) is 2.84. The summed E-state index contributed by atoms with van der Waals surface area (Å²) in [5.74, 6) is 0. The Morgan fingerprint density at radius 2 is 2.05 bits per heavy atom. The van der Waals surface area contributed by atoms with E-state index in [1.807, 2.05) is 18.2 Å². The molecule has 1 heterocycles. The van der Waals surface area contributed by atoms with E-state index in [0.29, 0.717) is 6.04 Å². The molecule has 1 fully saturated rings. The first-order chi connectivity index (χ1) is 9.10. The second kappa shape index (κ2) is 6.60. The molecule has 4 heteroatoms. The van der Waals surface area contributed by atoms with Gasteiger partial charge >= 0.3 is 0 Å². The number of halogens is 1. The molecule has 0 bridgehead atoms. The number of rotatable bonds is 4. The molecule has 1 aliphatic heterocycles. The lowest BCUT2D eigenvalue weighted by molar-refractivity contribution is 0.127. The predicted molar refractivity (Wildman–Crippen MR) is 82.5 cm³/mol. The van der Waals surface area contributed by atoms with Crippen LogP contribution in [0.5, 0.6) is 0 Å². The van der Waals surface area contributed by atoms with Crippen LogP contribution < -0.4 is 5.73 Å². The number of nitrogen functional groups attached to an aromatic ring is 1. The first-order valence-corrected chi connectivity index (χ1v) is 7.44. The van der Waals surface area contributed by atoms with Crippen LogP contribution >= 0.6 is 11.6 Å². The van der Waals surface area contributed by atoms with Crippen LogP contribution in [-0.4, -0.2) is 42.5 Å². The van der Waals surface area contributed by atoms with Gasteiger partial charge in [-0.25, -0.2) is 0 Å². The molecule has 2 N–H and O–H groups in total. The van der Waals surface area contributed by atoms with Crippen molar-refractivity contribution in [2.75, 3.05) is 32.4 Å². The normalized spacial score (nSPS) is 18.1. The van der Waals surface area contributed by atoms with Gasteiger partial charge in [0, 0.05) is 23.3 Å². The summed E-state index contributed by atoms with van der Waals surface area (Å²) in [7, 11) is 2.19. The lowest BCUT2D eigenvalue weighted by Gasteiger charge is -2.36. The summed E-state index contributed by atoms with van der Waals surface area (Å²) in [5, 5.41) is 0.812. The third kappa shape index (κ3) is 3.85. The van der Waals surface area contributed by atoms with Crippen molar-refractivity contribution < 1.29 is 0 Å². The molecule has 0 spiro atoms. The molecular weight excluding hydrogens is 258 g/mol. The lowest BCUT2D eigenvalue weighted by atomic mass is 10.0.